The van der Waals surface area contributed by atoms with E-state index in [9.17, 15) is 9.59 Å². The molecule has 29 heavy (non-hydrogen) atoms. The molecule has 4 aromatic rings. The molecular weight excluding hydrogens is 386 g/mol. The van der Waals surface area contributed by atoms with Crippen LogP contribution in [0.5, 0.6) is 0 Å². The Hall–Kier alpha value is -3.52. The van der Waals surface area contributed by atoms with E-state index in [4.69, 9.17) is 0 Å². The van der Waals surface area contributed by atoms with Gasteiger partial charge in [-0.05, 0) is 43.7 Å². The molecule has 0 saturated carbocycles. The van der Waals surface area contributed by atoms with Crippen LogP contribution in [0.15, 0.2) is 59.4 Å². The number of benzene rings is 2. The SMILES string of the molecule is Cc1nn2c(=O)cc(CNc3cc(C(=O)Nc4ccccc4)ccc3C)nc2s1. The molecule has 1 amide bonds. The molecular formula is C21H19N5O2S. The Kier molecular flexibility index (Phi) is 5.09. The van der Waals surface area contributed by atoms with Gasteiger partial charge in [0.05, 0.1) is 12.2 Å². The lowest BCUT2D eigenvalue weighted by Gasteiger charge is -2.12. The van der Waals surface area contributed by atoms with Crippen molar-refractivity contribution in [3.05, 3.63) is 86.8 Å². The second-order valence-electron chi connectivity index (χ2n) is 6.60. The second-order valence-corrected chi connectivity index (χ2v) is 7.76. The predicted octanol–water partition coefficient (Wildman–Crippen LogP) is 3.63. The smallest absolute Gasteiger partial charge is 0.275 e. The summed E-state index contributed by atoms with van der Waals surface area (Å²) in [5.41, 5.74) is 3.51. The lowest BCUT2D eigenvalue weighted by molar-refractivity contribution is 0.102. The van der Waals surface area contributed by atoms with Crippen LogP contribution in [0.4, 0.5) is 11.4 Å². The third kappa shape index (κ3) is 4.17. The summed E-state index contributed by atoms with van der Waals surface area (Å²) >= 11 is 1.37. The van der Waals surface area contributed by atoms with E-state index in [1.54, 1.807) is 12.1 Å². The molecule has 0 atom stereocenters. The Bertz CT molecular complexity index is 1250. The zero-order valence-corrected chi connectivity index (χ0v) is 16.8. The molecule has 2 N–H and O–H groups in total. The molecule has 0 unspecified atom stereocenters. The standard InChI is InChI=1S/C21H19N5O2S/c1-13-8-9-15(20(28)23-16-6-4-3-5-7-16)10-18(13)22-12-17-11-19(27)26-21(24-17)29-14(2)25-26/h3-11,22H,12H2,1-2H3,(H,23,28). The number of fused-ring (bicyclic) bond motifs is 1. The molecule has 2 aromatic carbocycles. The van der Waals surface area contributed by atoms with Gasteiger partial charge < -0.3 is 10.6 Å². The van der Waals surface area contributed by atoms with E-state index in [1.165, 1.54) is 21.9 Å². The summed E-state index contributed by atoms with van der Waals surface area (Å²) in [5.74, 6) is -0.183. The number of nitrogens with one attached hydrogen (secondary N) is 2. The fourth-order valence-corrected chi connectivity index (χ4v) is 3.67. The molecule has 2 heterocycles. The van der Waals surface area contributed by atoms with E-state index in [0.717, 1.165) is 21.9 Å². The molecule has 146 valence electrons. The number of hydrogen-bond acceptors (Lipinski definition) is 6. The molecule has 0 fully saturated rings. The lowest BCUT2D eigenvalue weighted by Crippen LogP contribution is -2.17. The van der Waals surface area contributed by atoms with E-state index >= 15 is 0 Å². The van der Waals surface area contributed by atoms with Crippen LogP contribution in [0.2, 0.25) is 0 Å². The molecule has 2 aromatic heterocycles. The monoisotopic (exact) mass is 405 g/mol. The number of nitrogens with zero attached hydrogens (tertiary/aromatic N) is 3. The van der Waals surface area contributed by atoms with Gasteiger partial charge in [-0.2, -0.15) is 9.61 Å². The van der Waals surface area contributed by atoms with Gasteiger partial charge in [-0.15, -0.1) is 0 Å². The highest BCUT2D eigenvalue weighted by atomic mass is 32.1. The van der Waals surface area contributed by atoms with Crippen molar-refractivity contribution in [3.63, 3.8) is 0 Å². The fraction of sp³-hybridized carbons (Fsp3) is 0.143. The third-order valence-corrected chi connectivity index (χ3v) is 5.21. The first-order valence-electron chi connectivity index (χ1n) is 9.07. The number of carbonyl (C=O) groups is 1. The predicted molar refractivity (Wildman–Crippen MR) is 115 cm³/mol. The van der Waals surface area contributed by atoms with Crippen molar-refractivity contribution in [2.24, 2.45) is 0 Å². The van der Waals surface area contributed by atoms with Crippen LogP contribution in [-0.2, 0) is 6.54 Å². The van der Waals surface area contributed by atoms with Gasteiger partial charge in [0.2, 0.25) is 4.96 Å². The van der Waals surface area contributed by atoms with Crippen LogP contribution >= 0.6 is 11.3 Å². The Balaban J connectivity index is 1.52. The maximum Gasteiger partial charge on any atom is 0.275 e. The van der Waals surface area contributed by atoms with Crippen LogP contribution in [0.3, 0.4) is 0 Å². The normalized spacial score (nSPS) is 10.8. The highest BCUT2D eigenvalue weighted by Crippen LogP contribution is 2.19. The largest absolute Gasteiger partial charge is 0.379 e. The Morgan fingerprint density at radius 1 is 1.10 bits per heavy atom. The zero-order valence-electron chi connectivity index (χ0n) is 16.0. The van der Waals surface area contributed by atoms with Crippen molar-refractivity contribution < 1.29 is 4.79 Å². The van der Waals surface area contributed by atoms with Crippen molar-refractivity contribution in [1.29, 1.82) is 0 Å². The molecule has 0 aliphatic rings. The van der Waals surface area contributed by atoms with E-state index < -0.39 is 0 Å². The molecule has 8 heteroatoms. The Morgan fingerprint density at radius 2 is 1.90 bits per heavy atom. The summed E-state index contributed by atoms with van der Waals surface area (Å²) in [4.78, 5) is 29.8. The summed E-state index contributed by atoms with van der Waals surface area (Å²) in [7, 11) is 0. The molecule has 4 rings (SSSR count). The number of para-hydroxylation sites is 1. The van der Waals surface area contributed by atoms with Crippen molar-refractivity contribution in [2.75, 3.05) is 10.6 Å². The molecule has 7 nitrogen and oxygen atoms in total. The van der Waals surface area contributed by atoms with Gasteiger partial charge >= 0.3 is 0 Å². The summed E-state index contributed by atoms with van der Waals surface area (Å²) < 4.78 is 1.31. The second kappa shape index (κ2) is 7.84. The first-order chi connectivity index (χ1) is 14.0. The molecule has 0 spiro atoms. The van der Waals surface area contributed by atoms with Gasteiger partial charge in [0.1, 0.15) is 5.01 Å². The van der Waals surface area contributed by atoms with Crippen molar-refractivity contribution in [2.45, 2.75) is 20.4 Å². The van der Waals surface area contributed by atoms with Crippen molar-refractivity contribution >= 4 is 33.6 Å². The molecule has 0 saturated heterocycles. The zero-order chi connectivity index (χ0) is 20.4. The number of amides is 1. The molecule has 0 aliphatic carbocycles. The number of rotatable bonds is 5. The number of anilines is 2. The van der Waals surface area contributed by atoms with Crippen molar-refractivity contribution in [1.82, 2.24) is 14.6 Å². The summed E-state index contributed by atoms with van der Waals surface area (Å²) in [6.07, 6.45) is 0. The summed E-state index contributed by atoms with van der Waals surface area (Å²) in [6.45, 7) is 4.17. The average molecular weight is 405 g/mol. The maximum absolute atomic E-state index is 12.5. The number of aryl methyl sites for hydroxylation is 2. The first kappa shape index (κ1) is 18.8. The van der Waals surface area contributed by atoms with Gasteiger partial charge in [-0.3, -0.25) is 9.59 Å². The van der Waals surface area contributed by atoms with E-state index in [0.29, 0.717) is 22.8 Å². The topological polar surface area (TPSA) is 88.4 Å². The number of aromatic nitrogens is 3. The van der Waals surface area contributed by atoms with E-state index in [1.807, 2.05) is 50.2 Å². The van der Waals surface area contributed by atoms with Gasteiger partial charge in [0.15, 0.2) is 0 Å². The van der Waals surface area contributed by atoms with Gasteiger partial charge in [0.25, 0.3) is 11.5 Å². The van der Waals surface area contributed by atoms with Gasteiger partial charge in [-0.25, -0.2) is 4.98 Å². The van der Waals surface area contributed by atoms with Crippen LogP contribution in [-0.4, -0.2) is 20.5 Å². The van der Waals surface area contributed by atoms with Crippen LogP contribution in [0.1, 0.15) is 26.6 Å². The van der Waals surface area contributed by atoms with E-state index in [-0.39, 0.29) is 11.5 Å². The minimum Gasteiger partial charge on any atom is -0.379 e. The highest BCUT2D eigenvalue weighted by Gasteiger charge is 2.10. The van der Waals surface area contributed by atoms with Gasteiger partial charge in [-0.1, -0.05) is 35.6 Å². The van der Waals surface area contributed by atoms with Crippen LogP contribution in [0.25, 0.3) is 4.96 Å². The van der Waals surface area contributed by atoms with E-state index in [2.05, 4.69) is 20.7 Å². The maximum atomic E-state index is 12.5. The molecule has 0 aliphatic heterocycles. The van der Waals surface area contributed by atoms with Crippen molar-refractivity contribution in [3.8, 4) is 0 Å². The van der Waals surface area contributed by atoms with Crippen LogP contribution in [0, 0.1) is 13.8 Å². The average Bonchev–Trinajstić information content (AvgIpc) is 3.09. The minimum atomic E-state index is -0.205. The lowest BCUT2D eigenvalue weighted by atomic mass is 10.1. The Morgan fingerprint density at radius 3 is 2.69 bits per heavy atom. The number of hydrogen-bond donors (Lipinski definition) is 2. The molecule has 0 bridgehead atoms. The van der Waals surface area contributed by atoms with Crippen LogP contribution < -0.4 is 16.2 Å². The summed E-state index contributed by atoms with van der Waals surface area (Å²) in [5, 5.41) is 11.1. The van der Waals surface area contributed by atoms with Gasteiger partial charge in [0, 0.05) is 23.0 Å². The first-order valence-corrected chi connectivity index (χ1v) is 9.88. The summed E-state index contributed by atoms with van der Waals surface area (Å²) in [6, 6.07) is 16.3. The third-order valence-electron chi connectivity index (χ3n) is 4.39. The minimum absolute atomic E-state index is 0.183. The highest BCUT2D eigenvalue weighted by molar-refractivity contribution is 7.16. The quantitative estimate of drug-likeness (QED) is 0.529. The molecule has 0 radical (unpaired) electrons. The number of carbonyl (C=O) groups excluding carboxylic acids is 1. The Labute approximate surface area is 171 Å². The fourth-order valence-electron chi connectivity index (χ4n) is 2.91.